The minimum atomic E-state index is -4.80. The lowest BCUT2D eigenvalue weighted by atomic mass is 10.2. The fourth-order valence-corrected chi connectivity index (χ4v) is 1.55. The smallest absolute Gasteiger partial charge is 0.463 e. The number of alkyl halides is 3. The molecule has 104 valence electrons. The van der Waals surface area contributed by atoms with E-state index >= 15 is 0 Å². The van der Waals surface area contributed by atoms with Crippen LogP contribution in [-0.4, -0.2) is 18.9 Å². The molecule has 3 nitrogen and oxygen atoms in total. The molecule has 0 aromatic heterocycles. The summed E-state index contributed by atoms with van der Waals surface area (Å²) in [4.78, 5) is 11.1. The molecule has 7 heteroatoms. The van der Waals surface area contributed by atoms with E-state index in [0.29, 0.717) is 4.47 Å². The number of hydrogen-bond donors (Lipinski definition) is 0. The van der Waals surface area contributed by atoms with E-state index in [4.69, 9.17) is 0 Å². The van der Waals surface area contributed by atoms with Gasteiger partial charge in [-0.25, -0.2) is 4.79 Å². The lowest BCUT2D eigenvalue weighted by Gasteiger charge is -2.11. The first-order valence-electron chi connectivity index (χ1n) is 5.22. The number of benzene rings is 1. The van der Waals surface area contributed by atoms with Crippen molar-refractivity contribution in [2.24, 2.45) is 0 Å². The van der Waals surface area contributed by atoms with Crippen molar-refractivity contribution in [2.45, 2.75) is 13.3 Å². The molecular weight excluding hydrogens is 329 g/mol. The van der Waals surface area contributed by atoms with Crippen LogP contribution in [0.5, 0.6) is 5.75 Å². The van der Waals surface area contributed by atoms with Crippen LogP contribution in [0.25, 0.3) is 6.08 Å². The minimum Gasteiger partial charge on any atom is -0.463 e. The monoisotopic (exact) mass is 338 g/mol. The summed E-state index contributed by atoms with van der Waals surface area (Å²) in [5, 5.41) is 0. The lowest BCUT2D eigenvalue weighted by molar-refractivity contribution is -0.274. The quantitative estimate of drug-likeness (QED) is 0.616. The molecule has 0 amide bonds. The highest BCUT2D eigenvalue weighted by molar-refractivity contribution is 9.10. The summed E-state index contributed by atoms with van der Waals surface area (Å²) < 4.78 is 45.6. The van der Waals surface area contributed by atoms with Crippen LogP contribution in [0.4, 0.5) is 13.2 Å². The standard InChI is InChI=1S/C12H10BrF3O3/c1-2-18-11(17)6-4-8-3-5-9(13)7-10(8)19-12(14,15)16/h3-7H,2H2,1H3/b6-4+. The summed E-state index contributed by atoms with van der Waals surface area (Å²) >= 11 is 3.05. The fourth-order valence-electron chi connectivity index (χ4n) is 1.21. The Bertz CT molecular complexity index is 484. The van der Waals surface area contributed by atoms with Gasteiger partial charge in [0.15, 0.2) is 0 Å². The molecule has 0 aliphatic carbocycles. The third kappa shape index (κ3) is 5.78. The van der Waals surface area contributed by atoms with E-state index in [2.05, 4.69) is 25.4 Å². The zero-order valence-corrected chi connectivity index (χ0v) is 11.4. The second-order valence-corrected chi connectivity index (χ2v) is 4.23. The van der Waals surface area contributed by atoms with Crippen LogP contribution in [-0.2, 0) is 9.53 Å². The molecule has 0 bridgehead atoms. The third-order valence-electron chi connectivity index (χ3n) is 1.89. The molecule has 1 aromatic carbocycles. The van der Waals surface area contributed by atoms with Crippen LogP contribution in [0.15, 0.2) is 28.7 Å². The lowest BCUT2D eigenvalue weighted by Crippen LogP contribution is -2.17. The first-order valence-corrected chi connectivity index (χ1v) is 6.01. The Kier molecular flexibility index (Phi) is 5.41. The summed E-state index contributed by atoms with van der Waals surface area (Å²) in [6, 6.07) is 4.09. The highest BCUT2D eigenvalue weighted by Gasteiger charge is 2.31. The Hall–Kier alpha value is -1.50. The maximum absolute atomic E-state index is 12.2. The van der Waals surface area contributed by atoms with Gasteiger partial charge in [-0.15, -0.1) is 13.2 Å². The van der Waals surface area contributed by atoms with Gasteiger partial charge in [-0.1, -0.05) is 22.0 Å². The molecule has 0 spiro atoms. The van der Waals surface area contributed by atoms with E-state index < -0.39 is 18.1 Å². The maximum Gasteiger partial charge on any atom is 0.573 e. The first kappa shape index (κ1) is 15.6. The van der Waals surface area contributed by atoms with E-state index in [-0.39, 0.29) is 12.2 Å². The van der Waals surface area contributed by atoms with Gasteiger partial charge in [0.25, 0.3) is 0 Å². The van der Waals surface area contributed by atoms with Crippen molar-refractivity contribution in [3.63, 3.8) is 0 Å². The second kappa shape index (κ2) is 6.60. The summed E-state index contributed by atoms with van der Waals surface area (Å²) in [7, 11) is 0. The number of ether oxygens (including phenoxy) is 2. The van der Waals surface area contributed by atoms with Crippen molar-refractivity contribution in [2.75, 3.05) is 6.61 Å². The fraction of sp³-hybridized carbons (Fsp3) is 0.250. The average molecular weight is 339 g/mol. The van der Waals surface area contributed by atoms with Gasteiger partial charge in [0.2, 0.25) is 0 Å². The number of halogens is 4. The van der Waals surface area contributed by atoms with Crippen molar-refractivity contribution in [3.05, 3.63) is 34.3 Å². The van der Waals surface area contributed by atoms with Crippen LogP contribution in [0.2, 0.25) is 0 Å². The Balaban J connectivity index is 2.97. The zero-order valence-electron chi connectivity index (χ0n) is 9.83. The molecule has 0 atom stereocenters. The van der Waals surface area contributed by atoms with Crippen molar-refractivity contribution in [1.82, 2.24) is 0 Å². The molecule has 0 aliphatic rings. The highest BCUT2D eigenvalue weighted by Crippen LogP contribution is 2.30. The van der Waals surface area contributed by atoms with Crippen LogP contribution in [0.3, 0.4) is 0 Å². The zero-order chi connectivity index (χ0) is 14.5. The Morgan fingerprint density at radius 1 is 1.42 bits per heavy atom. The third-order valence-corrected chi connectivity index (χ3v) is 2.38. The van der Waals surface area contributed by atoms with Crippen LogP contribution >= 0.6 is 15.9 Å². The molecule has 0 saturated carbocycles. The summed E-state index contributed by atoms with van der Waals surface area (Å²) in [6.45, 7) is 1.82. The topological polar surface area (TPSA) is 35.5 Å². The number of rotatable bonds is 4. The molecule has 0 radical (unpaired) electrons. The Labute approximate surface area is 116 Å². The van der Waals surface area contributed by atoms with Crippen molar-refractivity contribution in [3.8, 4) is 5.75 Å². The van der Waals surface area contributed by atoms with Gasteiger partial charge in [-0.05, 0) is 25.1 Å². The van der Waals surface area contributed by atoms with Gasteiger partial charge in [-0.2, -0.15) is 0 Å². The Morgan fingerprint density at radius 2 is 2.11 bits per heavy atom. The van der Waals surface area contributed by atoms with Gasteiger partial charge in [0, 0.05) is 16.1 Å². The van der Waals surface area contributed by atoms with E-state index in [1.807, 2.05) is 0 Å². The molecule has 1 rings (SSSR count). The van der Waals surface area contributed by atoms with Gasteiger partial charge in [0.1, 0.15) is 5.75 Å². The molecular formula is C12H10BrF3O3. The van der Waals surface area contributed by atoms with Crippen LogP contribution in [0.1, 0.15) is 12.5 Å². The molecule has 0 unspecified atom stereocenters. The predicted molar refractivity (Wildman–Crippen MR) is 66.5 cm³/mol. The largest absolute Gasteiger partial charge is 0.573 e. The number of esters is 1. The predicted octanol–water partition coefficient (Wildman–Crippen LogP) is 3.92. The van der Waals surface area contributed by atoms with E-state index in [0.717, 1.165) is 12.1 Å². The molecule has 0 heterocycles. The van der Waals surface area contributed by atoms with Gasteiger partial charge < -0.3 is 9.47 Å². The summed E-state index contributed by atoms with van der Waals surface area (Å²) in [5.74, 6) is -1.04. The molecule has 0 fully saturated rings. The number of carbonyl (C=O) groups is 1. The number of carbonyl (C=O) groups excluding carboxylic acids is 1. The first-order chi connectivity index (χ1) is 8.81. The van der Waals surface area contributed by atoms with Gasteiger partial charge in [-0.3, -0.25) is 0 Å². The SMILES string of the molecule is CCOC(=O)/C=C/c1ccc(Br)cc1OC(F)(F)F. The van der Waals surface area contributed by atoms with Crippen molar-refractivity contribution >= 4 is 28.0 Å². The average Bonchev–Trinajstić information content (AvgIpc) is 2.26. The Morgan fingerprint density at radius 3 is 2.68 bits per heavy atom. The van der Waals surface area contributed by atoms with Gasteiger partial charge in [0.05, 0.1) is 6.61 Å². The summed E-state index contributed by atoms with van der Waals surface area (Å²) in [6.07, 6.45) is -2.56. The van der Waals surface area contributed by atoms with E-state index in [1.165, 1.54) is 18.2 Å². The molecule has 0 saturated heterocycles. The normalized spacial score (nSPS) is 11.6. The maximum atomic E-state index is 12.2. The minimum absolute atomic E-state index is 0.119. The van der Waals surface area contributed by atoms with Gasteiger partial charge >= 0.3 is 12.3 Å². The number of hydrogen-bond acceptors (Lipinski definition) is 3. The molecule has 1 aromatic rings. The molecule has 0 aliphatic heterocycles. The van der Waals surface area contributed by atoms with Crippen LogP contribution < -0.4 is 4.74 Å². The molecule has 19 heavy (non-hydrogen) atoms. The summed E-state index contributed by atoms with van der Waals surface area (Å²) in [5.41, 5.74) is 0.119. The molecule has 0 N–H and O–H groups in total. The van der Waals surface area contributed by atoms with Crippen molar-refractivity contribution < 1.29 is 27.4 Å². The van der Waals surface area contributed by atoms with Crippen molar-refractivity contribution in [1.29, 1.82) is 0 Å². The van der Waals surface area contributed by atoms with E-state index in [1.54, 1.807) is 6.92 Å². The highest BCUT2D eigenvalue weighted by atomic mass is 79.9. The van der Waals surface area contributed by atoms with Crippen LogP contribution in [0, 0.1) is 0 Å². The second-order valence-electron chi connectivity index (χ2n) is 3.32. The van der Waals surface area contributed by atoms with E-state index in [9.17, 15) is 18.0 Å².